The number of aliphatic imine (C=N–C) groups is 1. The van der Waals surface area contributed by atoms with E-state index in [2.05, 4.69) is 10.3 Å². The molecule has 1 unspecified atom stereocenters. The van der Waals surface area contributed by atoms with Gasteiger partial charge in [0.2, 0.25) is 0 Å². The molecular formula is C15H17N3O. The Kier molecular flexibility index (Phi) is 2.85. The zero-order chi connectivity index (χ0) is 13.4. The van der Waals surface area contributed by atoms with Gasteiger partial charge in [0.1, 0.15) is 5.70 Å². The molecular weight excluding hydrogens is 238 g/mol. The number of amides is 1. The first kappa shape index (κ1) is 12.0. The van der Waals surface area contributed by atoms with E-state index in [0.717, 1.165) is 35.6 Å². The molecule has 0 spiro atoms. The van der Waals surface area contributed by atoms with Crippen LogP contribution in [0.3, 0.4) is 0 Å². The van der Waals surface area contributed by atoms with Crippen LogP contribution in [-0.2, 0) is 4.79 Å². The van der Waals surface area contributed by atoms with Crippen LogP contribution in [0.5, 0.6) is 0 Å². The minimum Gasteiger partial charge on any atom is -0.368 e. The lowest BCUT2D eigenvalue weighted by Gasteiger charge is -2.17. The third-order valence-electron chi connectivity index (χ3n) is 3.72. The largest absolute Gasteiger partial charge is 0.368 e. The van der Waals surface area contributed by atoms with E-state index in [1.807, 2.05) is 49.2 Å². The number of hydrogen-bond donors (Lipinski definition) is 1. The van der Waals surface area contributed by atoms with Crippen molar-refractivity contribution in [3.8, 4) is 0 Å². The van der Waals surface area contributed by atoms with Gasteiger partial charge in [0, 0.05) is 24.9 Å². The Hall–Kier alpha value is -2.10. The van der Waals surface area contributed by atoms with Crippen molar-refractivity contribution in [1.82, 2.24) is 10.2 Å². The SMILES string of the molecule is CC1=NCCN(C)C2=C1C(c1ccccc1)NC2=O. The fourth-order valence-corrected chi connectivity index (χ4v) is 2.75. The van der Waals surface area contributed by atoms with Crippen molar-refractivity contribution in [3.05, 3.63) is 47.2 Å². The number of nitrogens with zero attached hydrogens (tertiary/aromatic N) is 2. The summed E-state index contributed by atoms with van der Waals surface area (Å²) in [4.78, 5) is 18.8. The summed E-state index contributed by atoms with van der Waals surface area (Å²) < 4.78 is 0. The molecule has 2 aliphatic rings. The van der Waals surface area contributed by atoms with Crippen LogP contribution < -0.4 is 5.32 Å². The Morgan fingerprint density at radius 3 is 2.79 bits per heavy atom. The molecule has 2 aliphatic heterocycles. The van der Waals surface area contributed by atoms with Gasteiger partial charge in [-0.05, 0) is 12.5 Å². The summed E-state index contributed by atoms with van der Waals surface area (Å²) in [6.07, 6.45) is 0. The average molecular weight is 255 g/mol. The van der Waals surface area contributed by atoms with Gasteiger partial charge in [-0.3, -0.25) is 9.79 Å². The van der Waals surface area contributed by atoms with Crippen molar-refractivity contribution in [1.29, 1.82) is 0 Å². The molecule has 0 bridgehead atoms. The molecule has 1 aromatic rings. The van der Waals surface area contributed by atoms with Crippen molar-refractivity contribution in [2.24, 2.45) is 4.99 Å². The summed E-state index contributed by atoms with van der Waals surface area (Å²) in [5, 5.41) is 3.07. The van der Waals surface area contributed by atoms with E-state index >= 15 is 0 Å². The molecule has 2 heterocycles. The van der Waals surface area contributed by atoms with Crippen molar-refractivity contribution < 1.29 is 4.79 Å². The maximum atomic E-state index is 12.2. The number of benzene rings is 1. The van der Waals surface area contributed by atoms with Gasteiger partial charge >= 0.3 is 0 Å². The fraction of sp³-hybridized carbons (Fsp3) is 0.333. The van der Waals surface area contributed by atoms with Gasteiger partial charge < -0.3 is 10.2 Å². The highest BCUT2D eigenvalue weighted by Gasteiger charge is 2.36. The Bertz CT molecular complexity index is 574. The first-order chi connectivity index (χ1) is 9.18. The van der Waals surface area contributed by atoms with Crippen LogP contribution in [0, 0.1) is 0 Å². The van der Waals surface area contributed by atoms with E-state index in [0.29, 0.717) is 0 Å². The van der Waals surface area contributed by atoms with Crippen LogP contribution in [0.4, 0.5) is 0 Å². The number of nitrogens with one attached hydrogen (secondary N) is 1. The molecule has 0 aromatic heterocycles. The Balaban J connectivity index is 2.12. The first-order valence-corrected chi connectivity index (χ1v) is 6.51. The minimum absolute atomic E-state index is 0.00260. The number of rotatable bonds is 1. The lowest BCUT2D eigenvalue weighted by molar-refractivity contribution is -0.118. The van der Waals surface area contributed by atoms with Crippen molar-refractivity contribution in [2.45, 2.75) is 13.0 Å². The van der Waals surface area contributed by atoms with Crippen LogP contribution in [-0.4, -0.2) is 36.7 Å². The van der Waals surface area contributed by atoms with Gasteiger partial charge in [-0.15, -0.1) is 0 Å². The second kappa shape index (κ2) is 4.53. The normalized spacial score (nSPS) is 22.8. The summed E-state index contributed by atoms with van der Waals surface area (Å²) in [7, 11) is 1.95. The van der Waals surface area contributed by atoms with Gasteiger partial charge in [0.25, 0.3) is 5.91 Å². The molecule has 0 saturated carbocycles. The zero-order valence-corrected chi connectivity index (χ0v) is 11.2. The lowest BCUT2D eigenvalue weighted by atomic mass is 9.96. The van der Waals surface area contributed by atoms with Crippen LogP contribution in [0.25, 0.3) is 0 Å². The first-order valence-electron chi connectivity index (χ1n) is 6.51. The third-order valence-corrected chi connectivity index (χ3v) is 3.72. The summed E-state index contributed by atoms with van der Waals surface area (Å²) in [5.41, 5.74) is 3.86. The maximum absolute atomic E-state index is 12.2. The Morgan fingerprint density at radius 2 is 2.05 bits per heavy atom. The van der Waals surface area contributed by atoms with Gasteiger partial charge in [-0.2, -0.15) is 0 Å². The van der Waals surface area contributed by atoms with Crippen molar-refractivity contribution in [3.63, 3.8) is 0 Å². The van der Waals surface area contributed by atoms with E-state index in [-0.39, 0.29) is 11.9 Å². The topological polar surface area (TPSA) is 44.7 Å². The molecule has 4 nitrogen and oxygen atoms in total. The van der Waals surface area contributed by atoms with E-state index in [1.54, 1.807) is 0 Å². The summed E-state index contributed by atoms with van der Waals surface area (Å²) in [5.74, 6) is 0.00260. The predicted molar refractivity (Wildman–Crippen MR) is 75.0 cm³/mol. The average Bonchev–Trinajstić information content (AvgIpc) is 2.69. The smallest absolute Gasteiger partial charge is 0.268 e. The zero-order valence-electron chi connectivity index (χ0n) is 11.2. The maximum Gasteiger partial charge on any atom is 0.268 e. The van der Waals surface area contributed by atoms with E-state index < -0.39 is 0 Å². The van der Waals surface area contributed by atoms with E-state index in [1.165, 1.54) is 0 Å². The highest BCUT2D eigenvalue weighted by Crippen LogP contribution is 2.33. The standard InChI is InChI=1S/C15H17N3O/c1-10-12-13(11-6-4-3-5-7-11)17-15(19)14(12)18(2)9-8-16-10/h3-7,13H,8-9H2,1-2H3,(H,17,19). The third kappa shape index (κ3) is 1.93. The van der Waals surface area contributed by atoms with Crippen LogP contribution in [0.1, 0.15) is 18.5 Å². The van der Waals surface area contributed by atoms with Crippen LogP contribution in [0.2, 0.25) is 0 Å². The highest BCUT2D eigenvalue weighted by molar-refractivity contribution is 6.11. The van der Waals surface area contributed by atoms with E-state index in [9.17, 15) is 4.79 Å². The van der Waals surface area contributed by atoms with E-state index in [4.69, 9.17) is 0 Å². The molecule has 1 N–H and O–H groups in total. The molecule has 1 atom stereocenters. The summed E-state index contributed by atoms with van der Waals surface area (Å²) in [6, 6.07) is 9.97. The number of carbonyl (C=O) groups excluding carboxylic acids is 1. The molecule has 4 heteroatoms. The molecule has 19 heavy (non-hydrogen) atoms. The number of likely N-dealkylation sites (N-methyl/N-ethyl adjacent to an activating group) is 1. The predicted octanol–water partition coefficient (Wildman–Crippen LogP) is 1.52. The Labute approximate surface area is 112 Å². The minimum atomic E-state index is -0.0759. The molecule has 1 aromatic carbocycles. The van der Waals surface area contributed by atoms with Gasteiger partial charge in [-0.1, -0.05) is 30.3 Å². The highest BCUT2D eigenvalue weighted by atomic mass is 16.2. The number of hydrogen-bond acceptors (Lipinski definition) is 3. The molecule has 1 amide bonds. The van der Waals surface area contributed by atoms with Gasteiger partial charge in [0.05, 0.1) is 12.6 Å². The van der Waals surface area contributed by atoms with Crippen molar-refractivity contribution >= 4 is 11.6 Å². The van der Waals surface area contributed by atoms with Crippen LogP contribution >= 0.6 is 0 Å². The second-order valence-corrected chi connectivity index (χ2v) is 4.97. The van der Waals surface area contributed by atoms with Crippen molar-refractivity contribution in [2.75, 3.05) is 20.1 Å². The number of carbonyl (C=O) groups is 1. The summed E-state index contributed by atoms with van der Waals surface area (Å²) in [6.45, 7) is 3.51. The van der Waals surface area contributed by atoms with Crippen LogP contribution in [0.15, 0.2) is 46.6 Å². The fourth-order valence-electron chi connectivity index (χ4n) is 2.75. The molecule has 3 rings (SSSR count). The molecule has 0 saturated heterocycles. The molecule has 98 valence electrons. The second-order valence-electron chi connectivity index (χ2n) is 4.97. The summed E-state index contributed by atoms with van der Waals surface area (Å²) >= 11 is 0. The van der Waals surface area contributed by atoms with Gasteiger partial charge in [0.15, 0.2) is 0 Å². The molecule has 0 aliphatic carbocycles. The monoisotopic (exact) mass is 255 g/mol. The lowest BCUT2D eigenvalue weighted by Crippen LogP contribution is -2.29. The quantitative estimate of drug-likeness (QED) is 0.827. The molecule has 0 fully saturated rings. The van der Waals surface area contributed by atoms with Gasteiger partial charge in [-0.25, -0.2) is 0 Å². The molecule has 0 radical (unpaired) electrons. The Morgan fingerprint density at radius 1 is 1.32 bits per heavy atom.